The molecule has 0 bridgehead atoms. The van der Waals surface area contributed by atoms with E-state index in [4.69, 9.17) is 4.42 Å². The molecule has 0 spiro atoms. The fourth-order valence-electron chi connectivity index (χ4n) is 9.68. The molecule has 0 saturated heterocycles. The highest BCUT2D eigenvalue weighted by Crippen LogP contribution is 2.41. The summed E-state index contributed by atoms with van der Waals surface area (Å²) in [6.45, 7) is 4.61. The summed E-state index contributed by atoms with van der Waals surface area (Å²) in [4.78, 5) is 4.80. The summed E-state index contributed by atoms with van der Waals surface area (Å²) >= 11 is 0. The predicted octanol–water partition coefficient (Wildman–Crippen LogP) is 17.1. The van der Waals surface area contributed by atoms with Crippen LogP contribution in [0.5, 0.6) is 0 Å². The van der Waals surface area contributed by atoms with E-state index >= 15 is 0 Å². The number of nitrogens with zero attached hydrogens (tertiary/aromatic N) is 2. The maximum Gasteiger partial charge on any atom is 0.135 e. The van der Waals surface area contributed by atoms with Gasteiger partial charge in [-0.25, -0.2) is 0 Å². The summed E-state index contributed by atoms with van der Waals surface area (Å²) in [6, 6.07) is 70.5. The molecule has 8 aromatic carbocycles. The van der Waals surface area contributed by atoms with Crippen molar-refractivity contribution in [3.8, 4) is 33.4 Å². The number of para-hydroxylation sites is 1. The minimum atomic E-state index is 0.00467. The molecule has 0 aliphatic heterocycles. The molecule has 0 radical (unpaired) electrons. The number of hydrogen-bond acceptors (Lipinski definition) is 3. The molecule has 1 heterocycles. The normalized spacial score (nSPS) is 17.8. The Bertz CT molecular complexity index is 3230. The lowest BCUT2D eigenvalue weighted by Crippen LogP contribution is -2.35. The molecular weight excluding hydrogens is 789 g/mol. The zero-order valence-electron chi connectivity index (χ0n) is 36.8. The summed E-state index contributed by atoms with van der Waals surface area (Å²) < 4.78 is 6.42. The smallest absolute Gasteiger partial charge is 0.135 e. The summed E-state index contributed by atoms with van der Waals surface area (Å²) in [7, 11) is 0. The van der Waals surface area contributed by atoms with E-state index in [0.717, 1.165) is 73.4 Å². The molecule has 314 valence electrons. The van der Waals surface area contributed by atoms with Crippen LogP contribution >= 0.6 is 0 Å². The second-order valence-corrected chi connectivity index (χ2v) is 17.6. The Balaban J connectivity index is 0.880. The van der Waals surface area contributed by atoms with Crippen molar-refractivity contribution in [2.24, 2.45) is 5.92 Å². The van der Waals surface area contributed by atoms with Crippen LogP contribution in [-0.2, 0) is 5.41 Å². The lowest BCUT2D eigenvalue weighted by Gasteiger charge is -2.36. The molecule has 0 amide bonds. The molecule has 0 N–H and O–H groups in total. The second-order valence-electron chi connectivity index (χ2n) is 17.6. The van der Waals surface area contributed by atoms with Crippen LogP contribution in [0, 0.1) is 5.92 Å². The van der Waals surface area contributed by atoms with Crippen LogP contribution < -0.4 is 9.80 Å². The van der Waals surface area contributed by atoms with Crippen molar-refractivity contribution in [2.75, 3.05) is 9.80 Å². The number of anilines is 5. The Kier molecular flexibility index (Phi) is 10.4. The predicted molar refractivity (Wildman–Crippen MR) is 275 cm³/mol. The zero-order valence-corrected chi connectivity index (χ0v) is 36.8. The quantitative estimate of drug-likeness (QED) is 0.137. The number of benzene rings is 8. The SMILES string of the molecule is CC1C=CC=CC1N(c1ccc(-c2ccccc2)cc1)c1ccc(-c2ccc3oc4ccc(-c5ccc(N(c6ccccc6)c6ccc(C7(C)C=CC=CC7)cc6)cc5)cc4c3c2)cc1. The van der Waals surface area contributed by atoms with Crippen LogP contribution in [0.1, 0.15) is 25.8 Å². The van der Waals surface area contributed by atoms with Crippen molar-refractivity contribution in [2.45, 2.75) is 31.7 Å². The van der Waals surface area contributed by atoms with Crippen molar-refractivity contribution in [1.29, 1.82) is 0 Å². The van der Waals surface area contributed by atoms with Crippen molar-refractivity contribution >= 4 is 50.4 Å². The Morgan fingerprint density at radius 1 is 0.446 bits per heavy atom. The van der Waals surface area contributed by atoms with E-state index in [1.54, 1.807) is 0 Å². The van der Waals surface area contributed by atoms with Gasteiger partial charge >= 0.3 is 0 Å². The van der Waals surface area contributed by atoms with Crippen LogP contribution in [0.25, 0.3) is 55.3 Å². The molecule has 3 heteroatoms. The van der Waals surface area contributed by atoms with Gasteiger partial charge in [0.05, 0.1) is 6.04 Å². The Labute approximate surface area is 382 Å². The minimum Gasteiger partial charge on any atom is -0.456 e. The van der Waals surface area contributed by atoms with Gasteiger partial charge in [-0.2, -0.15) is 0 Å². The molecule has 3 nitrogen and oxygen atoms in total. The molecule has 3 atom stereocenters. The van der Waals surface area contributed by atoms with Gasteiger partial charge in [0.1, 0.15) is 11.2 Å². The van der Waals surface area contributed by atoms with Crippen LogP contribution in [0.15, 0.2) is 247 Å². The van der Waals surface area contributed by atoms with E-state index in [0.29, 0.717) is 5.92 Å². The second kappa shape index (κ2) is 17.0. The number of rotatable bonds is 10. The molecule has 1 aromatic heterocycles. The average molecular weight is 839 g/mol. The first-order valence-electron chi connectivity index (χ1n) is 22.7. The lowest BCUT2D eigenvalue weighted by molar-refractivity contribution is 0.600. The molecule has 0 saturated carbocycles. The van der Waals surface area contributed by atoms with Gasteiger partial charge in [-0.05, 0) is 136 Å². The molecular formula is C62H50N2O. The van der Waals surface area contributed by atoms with Gasteiger partial charge in [-0.1, -0.05) is 172 Å². The zero-order chi connectivity index (χ0) is 43.7. The highest BCUT2D eigenvalue weighted by molar-refractivity contribution is 6.07. The Morgan fingerprint density at radius 3 is 1.45 bits per heavy atom. The molecule has 9 aromatic rings. The van der Waals surface area contributed by atoms with E-state index in [-0.39, 0.29) is 11.5 Å². The van der Waals surface area contributed by atoms with Crippen molar-refractivity contribution in [3.63, 3.8) is 0 Å². The van der Waals surface area contributed by atoms with Crippen molar-refractivity contribution in [3.05, 3.63) is 248 Å². The van der Waals surface area contributed by atoms with Crippen LogP contribution in [0.2, 0.25) is 0 Å². The number of fused-ring (bicyclic) bond motifs is 3. The first-order chi connectivity index (χ1) is 32.0. The summed E-state index contributed by atoms with van der Waals surface area (Å²) in [6.07, 6.45) is 18.8. The van der Waals surface area contributed by atoms with Crippen LogP contribution in [-0.4, -0.2) is 6.04 Å². The molecule has 2 aliphatic carbocycles. The maximum absolute atomic E-state index is 6.42. The van der Waals surface area contributed by atoms with Crippen LogP contribution in [0.3, 0.4) is 0 Å². The van der Waals surface area contributed by atoms with E-state index in [9.17, 15) is 0 Å². The third-order valence-corrected chi connectivity index (χ3v) is 13.4. The van der Waals surface area contributed by atoms with E-state index in [1.807, 2.05) is 0 Å². The first kappa shape index (κ1) is 39.9. The molecule has 2 aliphatic rings. The summed E-state index contributed by atoms with van der Waals surface area (Å²) in [5.74, 6) is 0.353. The number of furan rings is 1. The largest absolute Gasteiger partial charge is 0.456 e. The molecule has 3 unspecified atom stereocenters. The maximum atomic E-state index is 6.42. The van der Waals surface area contributed by atoms with Crippen molar-refractivity contribution < 1.29 is 4.42 Å². The van der Waals surface area contributed by atoms with Gasteiger partial charge in [0.15, 0.2) is 0 Å². The standard InChI is InChI=1S/C62H50N2O/c1-44-14-10-11-19-59(44)64(55-32-20-46(21-33-55)45-15-6-3-7-16-45)56-34-24-48(25-35-56)50-27-39-61-58(43-50)57-42-49(26-38-60(57)65-61)47-22-30-53(31-23-47)63(52-17-8-4-9-18-52)54-36-28-51(29-37-54)62(2)40-12-5-13-41-62/h3-40,42-44,59H,41H2,1-2H3. The third-order valence-electron chi connectivity index (χ3n) is 13.4. The highest BCUT2D eigenvalue weighted by atomic mass is 16.3. The van der Waals surface area contributed by atoms with Gasteiger partial charge in [-0.15, -0.1) is 0 Å². The van der Waals surface area contributed by atoms with Gasteiger partial charge in [0, 0.05) is 44.6 Å². The van der Waals surface area contributed by atoms with Crippen LogP contribution in [0.4, 0.5) is 28.4 Å². The summed E-state index contributed by atoms with van der Waals surface area (Å²) in [5.41, 5.74) is 15.9. The van der Waals surface area contributed by atoms with Gasteiger partial charge in [-0.3, -0.25) is 0 Å². The molecule has 11 rings (SSSR count). The Morgan fingerprint density at radius 2 is 0.908 bits per heavy atom. The van der Waals surface area contributed by atoms with Gasteiger partial charge < -0.3 is 14.2 Å². The van der Waals surface area contributed by atoms with E-state index < -0.39 is 0 Å². The topological polar surface area (TPSA) is 19.6 Å². The fraction of sp³-hybridized carbons (Fsp3) is 0.0968. The molecule has 0 fully saturated rings. The van der Waals surface area contributed by atoms with Gasteiger partial charge in [0.2, 0.25) is 0 Å². The third kappa shape index (κ3) is 7.81. The number of allylic oxidation sites excluding steroid dienone is 6. The minimum absolute atomic E-state index is 0.00467. The number of hydrogen-bond donors (Lipinski definition) is 0. The molecule has 65 heavy (non-hydrogen) atoms. The first-order valence-corrected chi connectivity index (χ1v) is 22.7. The van der Waals surface area contributed by atoms with Gasteiger partial charge in [0.25, 0.3) is 0 Å². The fourth-order valence-corrected chi connectivity index (χ4v) is 9.68. The Hall–Kier alpha value is -7.88. The van der Waals surface area contributed by atoms with E-state index in [1.165, 1.54) is 22.4 Å². The monoisotopic (exact) mass is 838 g/mol. The van der Waals surface area contributed by atoms with Crippen molar-refractivity contribution in [1.82, 2.24) is 0 Å². The summed E-state index contributed by atoms with van der Waals surface area (Å²) in [5, 5.41) is 2.22. The lowest BCUT2D eigenvalue weighted by atomic mass is 9.77. The average Bonchev–Trinajstić information content (AvgIpc) is 3.74. The van der Waals surface area contributed by atoms with E-state index in [2.05, 4.69) is 266 Å². The highest BCUT2D eigenvalue weighted by Gasteiger charge is 2.26.